The number of benzene rings is 1. The van der Waals surface area contributed by atoms with Crippen molar-refractivity contribution in [2.24, 2.45) is 5.73 Å². The van der Waals surface area contributed by atoms with Gasteiger partial charge in [0, 0.05) is 24.4 Å². The van der Waals surface area contributed by atoms with Crippen LogP contribution in [0.2, 0.25) is 0 Å². The quantitative estimate of drug-likeness (QED) is 0.555. The van der Waals surface area contributed by atoms with E-state index in [4.69, 9.17) is 5.73 Å². The van der Waals surface area contributed by atoms with Crippen LogP contribution >= 0.6 is 0 Å². The summed E-state index contributed by atoms with van der Waals surface area (Å²) in [5, 5.41) is 9.39. The fraction of sp³-hybridized carbons (Fsp3) is 0.167. The standard InChI is InChI=1S/C12H13N5O/c13-9(3-7-5-14-6-15-7)12-16-10-2-1-8(18)4-11(10)17-12/h1-2,4-6,9,18H,3,13H2,(H,14,15)(H,16,17). The maximum atomic E-state index is 9.39. The first-order chi connectivity index (χ1) is 8.72. The maximum absolute atomic E-state index is 9.39. The van der Waals surface area contributed by atoms with Gasteiger partial charge in [-0.1, -0.05) is 0 Å². The molecule has 1 atom stereocenters. The van der Waals surface area contributed by atoms with Gasteiger partial charge in [-0.2, -0.15) is 0 Å². The molecule has 0 amide bonds. The molecule has 92 valence electrons. The van der Waals surface area contributed by atoms with Gasteiger partial charge in [0.15, 0.2) is 0 Å². The molecule has 1 unspecified atom stereocenters. The molecule has 0 saturated heterocycles. The topological polar surface area (TPSA) is 104 Å². The Morgan fingerprint density at radius 2 is 2.28 bits per heavy atom. The second kappa shape index (κ2) is 4.15. The normalized spacial score (nSPS) is 12.9. The van der Waals surface area contributed by atoms with Crippen molar-refractivity contribution >= 4 is 11.0 Å². The second-order valence-corrected chi connectivity index (χ2v) is 4.21. The molecule has 2 aromatic heterocycles. The third kappa shape index (κ3) is 1.93. The third-order valence-corrected chi connectivity index (χ3v) is 2.83. The van der Waals surface area contributed by atoms with Crippen molar-refractivity contribution in [1.82, 2.24) is 19.9 Å². The van der Waals surface area contributed by atoms with Gasteiger partial charge in [-0.3, -0.25) is 0 Å². The number of nitrogens with zero attached hydrogens (tertiary/aromatic N) is 2. The van der Waals surface area contributed by atoms with E-state index in [-0.39, 0.29) is 11.8 Å². The Morgan fingerprint density at radius 3 is 3.06 bits per heavy atom. The Labute approximate surface area is 103 Å². The minimum Gasteiger partial charge on any atom is -0.508 e. The number of aromatic nitrogens is 4. The smallest absolute Gasteiger partial charge is 0.124 e. The molecule has 0 aliphatic carbocycles. The molecule has 6 heteroatoms. The summed E-state index contributed by atoms with van der Waals surface area (Å²) >= 11 is 0. The van der Waals surface area contributed by atoms with Crippen molar-refractivity contribution in [2.45, 2.75) is 12.5 Å². The van der Waals surface area contributed by atoms with E-state index in [1.165, 1.54) is 0 Å². The summed E-state index contributed by atoms with van der Waals surface area (Å²) in [6.45, 7) is 0. The minimum atomic E-state index is -0.236. The van der Waals surface area contributed by atoms with Gasteiger partial charge in [0.2, 0.25) is 0 Å². The van der Waals surface area contributed by atoms with E-state index in [2.05, 4.69) is 19.9 Å². The molecular formula is C12H13N5O. The average Bonchev–Trinajstić information content (AvgIpc) is 2.96. The number of fused-ring (bicyclic) bond motifs is 1. The number of phenols is 1. The molecule has 6 nitrogen and oxygen atoms in total. The Morgan fingerprint density at radius 1 is 1.39 bits per heavy atom. The molecule has 0 saturated carbocycles. The molecule has 0 aliphatic heterocycles. The molecule has 0 aliphatic rings. The highest BCUT2D eigenvalue weighted by Gasteiger charge is 2.12. The van der Waals surface area contributed by atoms with Gasteiger partial charge in [0.1, 0.15) is 11.6 Å². The number of hydrogen-bond donors (Lipinski definition) is 4. The van der Waals surface area contributed by atoms with Crippen molar-refractivity contribution in [2.75, 3.05) is 0 Å². The van der Waals surface area contributed by atoms with Gasteiger partial charge in [-0.05, 0) is 12.1 Å². The van der Waals surface area contributed by atoms with Crippen LogP contribution in [0.4, 0.5) is 0 Å². The number of nitrogens with one attached hydrogen (secondary N) is 2. The fourth-order valence-corrected chi connectivity index (χ4v) is 1.92. The number of hydrogen-bond acceptors (Lipinski definition) is 4. The Kier molecular flexibility index (Phi) is 2.49. The summed E-state index contributed by atoms with van der Waals surface area (Å²) in [7, 11) is 0. The summed E-state index contributed by atoms with van der Waals surface area (Å²) in [6.07, 6.45) is 4.00. The lowest BCUT2D eigenvalue weighted by Gasteiger charge is -2.05. The zero-order chi connectivity index (χ0) is 12.5. The molecule has 0 bridgehead atoms. The highest BCUT2D eigenvalue weighted by atomic mass is 16.3. The summed E-state index contributed by atoms with van der Waals surface area (Å²) in [4.78, 5) is 14.5. The number of nitrogens with two attached hydrogens (primary N) is 1. The van der Waals surface area contributed by atoms with E-state index in [9.17, 15) is 5.11 Å². The Balaban J connectivity index is 1.89. The third-order valence-electron chi connectivity index (χ3n) is 2.83. The average molecular weight is 243 g/mol. The van der Waals surface area contributed by atoms with Gasteiger partial charge >= 0.3 is 0 Å². The van der Waals surface area contributed by atoms with Crippen LogP contribution in [-0.4, -0.2) is 25.0 Å². The second-order valence-electron chi connectivity index (χ2n) is 4.21. The van der Waals surface area contributed by atoms with Gasteiger partial charge in [-0.25, -0.2) is 9.97 Å². The molecule has 3 aromatic rings. The molecule has 18 heavy (non-hydrogen) atoms. The molecule has 1 aromatic carbocycles. The van der Waals surface area contributed by atoms with Gasteiger partial charge in [-0.15, -0.1) is 0 Å². The number of rotatable bonds is 3. The SMILES string of the molecule is NC(Cc1cnc[nH]1)c1nc2ccc(O)cc2[nH]1. The van der Waals surface area contributed by atoms with E-state index in [1.807, 2.05) is 0 Å². The van der Waals surface area contributed by atoms with Crippen LogP contribution < -0.4 is 5.73 Å². The monoisotopic (exact) mass is 243 g/mol. The molecule has 0 radical (unpaired) electrons. The highest BCUT2D eigenvalue weighted by molar-refractivity contribution is 5.76. The summed E-state index contributed by atoms with van der Waals surface area (Å²) < 4.78 is 0. The highest BCUT2D eigenvalue weighted by Crippen LogP contribution is 2.20. The van der Waals surface area contributed by atoms with E-state index in [1.54, 1.807) is 30.7 Å². The molecule has 3 rings (SSSR count). The molecular weight excluding hydrogens is 230 g/mol. The van der Waals surface area contributed by atoms with E-state index in [0.717, 1.165) is 16.7 Å². The fourth-order valence-electron chi connectivity index (χ4n) is 1.92. The lowest BCUT2D eigenvalue weighted by atomic mass is 10.2. The zero-order valence-corrected chi connectivity index (χ0v) is 9.59. The van der Waals surface area contributed by atoms with Crippen molar-refractivity contribution in [3.63, 3.8) is 0 Å². The maximum Gasteiger partial charge on any atom is 0.124 e. The van der Waals surface area contributed by atoms with Crippen LogP contribution in [0.3, 0.4) is 0 Å². The molecule has 5 N–H and O–H groups in total. The molecule has 0 spiro atoms. The number of aromatic amines is 2. The number of aromatic hydroxyl groups is 1. The summed E-state index contributed by atoms with van der Waals surface area (Å²) in [6, 6.07) is 4.76. The molecule has 0 fully saturated rings. The van der Waals surface area contributed by atoms with Crippen LogP contribution in [0.1, 0.15) is 17.6 Å². The van der Waals surface area contributed by atoms with Crippen LogP contribution in [0, 0.1) is 0 Å². The lowest BCUT2D eigenvalue weighted by Crippen LogP contribution is -2.15. The first-order valence-electron chi connectivity index (χ1n) is 5.64. The number of phenolic OH excluding ortho intramolecular Hbond substituents is 1. The Bertz CT molecular complexity index is 658. The Hall–Kier alpha value is -2.34. The van der Waals surface area contributed by atoms with E-state index >= 15 is 0 Å². The van der Waals surface area contributed by atoms with Crippen LogP contribution in [0.25, 0.3) is 11.0 Å². The first kappa shape index (κ1) is 10.8. The summed E-state index contributed by atoms with van der Waals surface area (Å²) in [5.41, 5.74) is 8.62. The van der Waals surface area contributed by atoms with Gasteiger partial charge in [0.25, 0.3) is 0 Å². The van der Waals surface area contributed by atoms with E-state index in [0.29, 0.717) is 12.2 Å². The van der Waals surface area contributed by atoms with Crippen molar-refractivity contribution in [3.05, 3.63) is 42.2 Å². The molecule has 2 heterocycles. The van der Waals surface area contributed by atoms with Gasteiger partial charge in [0.05, 0.1) is 23.4 Å². The van der Waals surface area contributed by atoms with Crippen molar-refractivity contribution in [3.8, 4) is 5.75 Å². The predicted octanol–water partition coefficient (Wildman–Crippen LogP) is 1.23. The van der Waals surface area contributed by atoms with E-state index < -0.39 is 0 Å². The summed E-state index contributed by atoms with van der Waals surface area (Å²) in [5.74, 6) is 0.907. The lowest BCUT2D eigenvalue weighted by molar-refractivity contribution is 0.476. The van der Waals surface area contributed by atoms with Crippen molar-refractivity contribution < 1.29 is 5.11 Å². The van der Waals surface area contributed by atoms with Crippen LogP contribution in [-0.2, 0) is 6.42 Å². The van der Waals surface area contributed by atoms with Crippen LogP contribution in [0.5, 0.6) is 5.75 Å². The number of H-pyrrole nitrogens is 2. The van der Waals surface area contributed by atoms with Gasteiger partial charge < -0.3 is 20.8 Å². The minimum absolute atomic E-state index is 0.208. The van der Waals surface area contributed by atoms with Crippen molar-refractivity contribution in [1.29, 1.82) is 0 Å². The predicted molar refractivity (Wildman–Crippen MR) is 67.0 cm³/mol. The first-order valence-corrected chi connectivity index (χ1v) is 5.64. The largest absolute Gasteiger partial charge is 0.508 e. The van der Waals surface area contributed by atoms with Crippen LogP contribution in [0.15, 0.2) is 30.7 Å². The number of imidazole rings is 2. The zero-order valence-electron chi connectivity index (χ0n) is 9.59.